The summed E-state index contributed by atoms with van der Waals surface area (Å²) in [6.45, 7) is 4.30. The van der Waals surface area contributed by atoms with Gasteiger partial charge in [0.05, 0.1) is 6.61 Å². The fraction of sp³-hybridized carbons (Fsp3) is 0.391. The van der Waals surface area contributed by atoms with Crippen molar-refractivity contribution in [2.45, 2.75) is 57.3 Å². The average Bonchev–Trinajstić information content (AvgIpc) is 3.13. The monoisotopic (exact) mass is 364 g/mol. The molecule has 0 spiro atoms. The molecule has 0 unspecified atom stereocenters. The molecule has 4 heteroatoms. The molecule has 27 heavy (non-hydrogen) atoms. The molecule has 0 aromatic heterocycles. The highest BCUT2D eigenvalue weighted by atomic mass is 16.8. The quantitative estimate of drug-likeness (QED) is 0.772. The largest absolute Gasteiger partial charge is 0.368 e. The van der Waals surface area contributed by atoms with Crippen LogP contribution in [0.5, 0.6) is 0 Å². The summed E-state index contributed by atoms with van der Waals surface area (Å²) in [5, 5.41) is 0. The molecule has 2 fully saturated rings. The second kappa shape index (κ2) is 7.84. The summed E-state index contributed by atoms with van der Waals surface area (Å²) < 4.78 is 24.2. The molecule has 2 aromatic carbocycles. The molecule has 0 aliphatic carbocycles. The molecule has 4 atom stereocenters. The van der Waals surface area contributed by atoms with Crippen LogP contribution in [-0.2, 0) is 25.6 Å². The second-order valence-electron chi connectivity index (χ2n) is 7.28. The molecule has 2 saturated heterocycles. The van der Waals surface area contributed by atoms with Crippen LogP contribution >= 0.6 is 0 Å². The minimum Gasteiger partial charge on any atom is -0.368 e. The van der Waals surface area contributed by atoms with Crippen molar-refractivity contribution in [2.75, 3.05) is 0 Å². The first-order chi connectivity index (χ1) is 13.1. The Labute approximate surface area is 160 Å². The molecule has 0 N–H and O–H groups in total. The van der Waals surface area contributed by atoms with Gasteiger partial charge in [-0.2, -0.15) is 0 Å². The van der Waals surface area contributed by atoms with E-state index >= 15 is 0 Å². The molecule has 140 valence electrons. The SMILES string of the molecule is CC1(C)O[C@H]2O[C@H](CC#Cc3ccccc3)[C@H](OCc3ccccc3)[C@H]2O1. The van der Waals surface area contributed by atoms with E-state index in [0.29, 0.717) is 13.0 Å². The van der Waals surface area contributed by atoms with Gasteiger partial charge in [0, 0.05) is 12.0 Å². The van der Waals surface area contributed by atoms with Gasteiger partial charge in [-0.15, -0.1) is 0 Å². The number of benzene rings is 2. The fourth-order valence-electron chi connectivity index (χ4n) is 3.45. The van der Waals surface area contributed by atoms with Gasteiger partial charge in [0.1, 0.15) is 18.3 Å². The minimum absolute atomic E-state index is 0.184. The van der Waals surface area contributed by atoms with E-state index in [-0.39, 0.29) is 18.3 Å². The molecule has 0 bridgehead atoms. The predicted molar refractivity (Wildman–Crippen MR) is 102 cm³/mol. The van der Waals surface area contributed by atoms with E-state index < -0.39 is 12.1 Å². The fourth-order valence-corrected chi connectivity index (χ4v) is 3.45. The van der Waals surface area contributed by atoms with Gasteiger partial charge < -0.3 is 18.9 Å². The van der Waals surface area contributed by atoms with Gasteiger partial charge >= 0.3 is 0 Å². The van der Waals surface area contributed by atoms with Gasteiger partial charge in [0.25, 0.3) is 0 Å². The maximum atomic E-state index is 6.21. The van der Waals surface area contributed by atoms with Gasteiger partial charge in [-0.05, 0) is 31.5 Å². The molecule has 0 amide bonds. The van der Waals surface area contributed by atoms with Crippen LogP contribution in [0.1, 0.15) is 31.4 Å². The van der Waals surface area contributed by atoms with Crippen LogP contribution in [0, 0.1) is 11.8 Å². The van der Waals surface area contributed by atoms with Crippen molar-refractivity contribution in [2.24, 2.45) is 0 Å². The minimum atomic E-state index is -0.662. The van der Waals surface area contributed by atoms with Crippen LogP contribution in [0.2, 0.25) is 0 Å². The summed E-state index contributed by atoms with van der Waals surface area (Å²) in [5.41, 5.74) is 2.11. The molecule has 2 aliphatic rings. The van der Waals surface area contributed by atoms with Crippen molar-refractivity contribution in [3.63, 3.8) is 0 Å². The van der Waals surface area contributed by atoms with Crippen molar-refractivity contribution < 1.29 is 18.9 Å². The lowest BCUT2D eigenvalue weighted by atomic mass is 10.1. The predicted octanol–water partition coefficient (Wildman–Crippen LogP) is 3.89. The number of rotatable bonds is 4. The highest BCUT2D eigenvalue weighted by Gasteiger charge is 2.55. The summed E-state index contributed by atoms with van der Waals surface area (Å²) in [5.74, 6) is 5.73. The standard InChI is InChI=1S/C23H24O4/c1-23(2)26-21-20(24-16-18-12-7-4-8-13-18)19(25-22(21)27-23)15-9-14-17-10-5-3-6-11-17/h3-8,10-13,19-22H,15-16H2,1-2H3/t19-,20+,21-,22-/m1/s1. The molecule has 0 radical (unpaired) electrons. The molecule has 2 aliphatic heterocycles. The van der Waals surface area contributed by atoms with E-state index in [1.165, 1.54) is 0 Å². The van der Waals surface area contributed by atoms with Crippen molar-refractivity contribution in [3.05, 3.63) is 71.8 Å². The van der Waals surface area contributed by atoms with Crippen molar-refractivity contribution in [1.82, 2.24) is 0 Å². The summed E-state index contributed by atoms with van der Waals surface area (Å²) in [7, 11) is 0. The van der Waals surface area contributed by atoms with Crippen LogP contribution in [0.25, 0.3) is 0 Å². The lowest BCUT2D eigenvalue weighted by Crippen LogP contribution is -2.36. The Hall–Kier alpha value is -2.16. The van der Waals surface area contributed by atoms with E-state index in [1.54, 1.807) is 0 Å². The topological polar surface area (TPSA) is 36.9 Å². The summed E-state index contributed by atoms with van der Waals surface area (Å²) in [6.07, 6.45) is -0.497. The molecule has 4 nitrogen and oxygen atoms in total. The molecule has 0 saturated carbocycles. The lowest BCUT2D eigenvalue weighted by molar-refractivity contribution is -0.218. The van der Waals surface area contributed by atoms with Crippen LogP contribution in [0.15, 0.2) is 60.7 Å². The van der Waals surface area contributed by atoms with Crippen molar-refractivity contribution in [3.8, 4) is 11.8 Å². The van der Waals surface area contributed by atoms with Gasteiger partial charge in [-0.3, -0.25) is 0 Å². The zero-order chi connectivity index (χ0) is 18.7. The summed E-state index contributed by atoms with van der Waals surface area (Å²) in [6, 6.07) is 20.0. The molecule has 4 rings (SSSR count). The smallest absolute Gasteiger partial charge is 0.190 e. The summed E-state index contributed by atoms with van der Waals surface area (Å²) >= 11 is 0. The van der Waals surface area contributed by atoms with Gasteiger partial charge in [-0.1, -0.05) is 60.4 Å². The highest BCUT2D eigenvalue weighted by molar-refractivity contribution is 5.33. The third-order valence-electron chi connectivity index (χ3n) is 4.68. The maximum absolute atomic E-state index is 6.21. The lowest BCUT2D eigenvalue weighted by Gasteiger charge is -2.25. The number of hydrogen-bond acceptors (Lipinski definition) is 4. The first kappa shape index (κ1) is 18.2. The van der Waals surface area contributed by atoms with Crippen LogP contribution in [-0.4, -0.2) is 30.4 Å². The van der Waals surface area contributed by atoms with E-state index in [4.69, 9.17) is 18.9 Å². The Kier molecular flexibility index (Phi) is 5.29. The van der Waals surface area contributed by atoms with E-state index in [0.717, 1.165) is 11.1 Å². The Bertz CT molecular complexity index is 807. The van der Waals surface area contributed by atoms with Gasteiger partial charge in [-0.25, -0.2) is 0 Å². The Balaban J connectivity index is 1.45. The second-order valence-corrected chi connectivity index (χ2v) is 7.28. The van der Waals surface area contributed by atoms with Crippen molar-refractivity contribution >= 4 is 0 Å². The Morgan fingerprint density at radius 3 is 2.41 bits per heavy atom. The average molecular weight is 364 g/mol. The van der Waals surface area contributed by atoms with E-state index in [2.05, 4.69) is 11.8 Å². The molecule has 2 heterocycles. The van der Waals surface area contributed by atoms with Crippen molar-refractivity contribution in [1.29, 1.82) is 0 Å². The van der Waals surface area contributed by atoms with Crippen LogP contribution < -0.4 is 0 Å². The maximum Gasteiger partial charge on any atom is 0.190 e. The normalized spacial score (nSPS) is 28.4. The van der Waals surface area contributed by atoms with Gasteiger partial charge in [0.2, 0.25) is 0 Å². The third-order valence-corrected chi connectivity index (χ3v) is 4.68. The van der Waals surface area contributed by atoms with Gasteiger partial charge in [0.15, 0.2) is 12.1 Å². The van der Waals surface area contributed by atoms with E-state index in [1.807, 2.05) is 74.5 Å². The zero-order valence-electron chi connectivity index (χ0n) is 15.6. The third kappa shape index (κ3) is 4.40. The van der Waals surface area contributed by atoms with Crippen LogP contribution in [0.3, 0.4) is 0 Å². The highest BCUT2D eigenvalue weighted by Crippen LogP contribution is 2.39. The Morgan fingerprint density at radius 2 is 1.67 bits per heavy atom. The molecular weight excluding hydrogens is 340 g/mol. The zero-order valence-corrected chi connectivity index (χ0v) is 15.6. The Morgan fingerprint density at radius 1 is 0.963 bits per heavy atom. The molecular formula is C23H24O4. The molecule has 2 aromatic rings. The first-order valence-corrected chi connectivity index (χ1v) is 9.31. The summed E-state index contributed by atoms with van der Waals surface area (Å²) in [4.78, 5) is 0. The van der Waals surface area contributed by atoms with Crippen LogP contribution in [0.4, 0.5) is 0 Å². The number of fused-ring (bicyclic) bond motifs is 1. The van der Waals surface area contributed by atoms with E-state index in [9.17, 15) is 0 Å². The number of hydrogen-bond donors (Lipinski definition) is 0. The number of ether oxygens (including phenoxy) is 4. The first-order valence-electron chi connectivity index (χ1n) is 9.31.